The average molecular weight is 262 g/mol. The third-order valence-electron chi connectivity index (χ3n) is 3.67. The van der Waals surface area contributed by atoms with Gasteiger partial charge in [0, 0.05) is 12.1 Å². The fraction of sp³-hybridized carbons (Fsp3) is 0.462. The van der Waals surface area contributed by atoms with Crippen LogP contribution in [-0.2, 0) is 0 Å². The molecule has 6 heteroatoms. The number of hydrogen-bond acceptors (Lipinski definition) is 5. The highest BCUT2D eigenvalue weighted by atomic mass is 16.4. The highest BCUT2D eigenvalue weighted by Crippen LogP contribution is 2.26. The summed E-state index contributed by atoms with van der Waals surface area (Å²) in [4.78, 5) is 16.1. The number of H-pyrrole nitrogens is 1. The van der Waals surface area contributed by atoms with Crippen molar-refractivity contribution in [2.75, 3.05) is 31.2 Å². The third-order valence-corrected chi connectivity index (χ3v) is 3.67. The van der Waals surface area contributed by atoms with E-state index in [0.717, 1.165) is 31.6 Å². The van der Waals surface area contributed by atoms with Crippen LogP contribution in [0.15, 0.2) is 21.3 Å². The average Bonchev–Trinajstić information content (AvgIpc) is 2.72. The minimum atomic E-state index is -0.453. The molecule has 19 heavy (non-hydrogen) atoms. The molecule has 0 unspecified atom stereocenters. The van der Waals surface area contributed by atoms with Crippen LogP contribution in [-0.4, -0.2) is 36.1 Å². The SMILES string of the molecule is CN1CCC(Nc2cc3[nH]c(=O)oc3cc2N)CC1. The van der Waals surface area contributed by atoms with Crippen LogP contribution in [0.2, 0.25) is 0 Å². The maximum Gasteiger partial charge on any atom is 0.417 e. The van der Waals surface area contributed by atoms with Crippen molar-refractivity contribution in [3.05, 3.63) is 22.7 Å². The Morgan fingerprint density at radius 3 is 2.89 bits per heavy atom. The van der Waals surface area contributed by atoms with Gasteiger partial charge in [0.2, 0.25) is 0 Å². The van der Waals surface area contributed by atoms with Crippen molar-refractivity contribution in [1.82, 2.24) is 9.88 Å². The summed E-state index contributed by atoms with van der Waals surface area (Å²) in [6.45, 7) is 2.17. The summed E-state index contributed by atoms with van der Waals surface area (Å²) in [5.41, 5.74) is 8.63. The lowest BCUT2D eigenvalue weighted by Crippen LogP contribution is -2.36. The number of benzene rings is 1. The summed E-state index contributed by atoms with van der Waals surface area (Å²) in [5.74, 6) is -0.453. The van der Waals surface area contributed by atoms with Crippen LogP contribution in [0.3, 0.4) is 0 Å². The number of nitrogens with one attached hydrogen (secondary N) is 2. The molecular formula is C13H18N4O2. The summed E-state index contributed by atoms with van der Waals surface area (Å²) in [6, 6.07) is 3.95. The van der Waals surface area contributed by atoms with E-state index in [9.17, 15) is 4.79 Å². The van der Waals surface area contributed by atoms with Crippen molar-refractivity contribution in [1.29, 1.82) is 0 Å². The van der Waals surface area contributed by atoms with Crippen LogP contribution in [0.4, 0.5) is 11.4 Å². The molecule has 0 aliphatic carbocycles. The Labute approximate surface area is 110 Å². The van der Waals surface area contributed by atoms with Crippen molar-refractivity contribution in [2.24, 2.45) is 0 Å². The second kappa shape index (κ2) is 4.62. The predicted molar refractivity (Wildman–Crippen MR) is 75.4 cm³/mol. The first-order chi connectivity index (χ1) is 9.11. The minimum Gasteiger partial charge on any atom is -0.408 e. The molecule has 3 rings (SSSR count). The van der Waals surface area contributed by atoms with Crippen LogP contribution in [0.25, 0.3) is 11.1 Å². The van der Waals surface area contributed by atoms with Crippen LogP contribution in [0.5, 0.6) is 0 Å². The van der Waals surface area contributed by atoms with Gasteiger partial charge in [-0.05, 0) is 39.0 Å². The standard InChI is InChI=1S/C13H18N4O2/c1-17-4-2-8(3-5-17)15-10-7-11-12(6-9(10)14)19-13(18)16-11/h6-8,15H,2-5,14H2,1H3,(H,16,18). The number of nitrogens with two attached hydrogens (primary N) is 1. The van der Waals surface area contributed by atoms with Crippen LogP contribution in [0, 0.1) is 0 Å². The number of piperidine rings is 1. The Bertz CT molecular complexity index is 638. The number of anilines is 2. The van der Waals surface area contributed by atoms with E-state index in [1.165, 1.54) is 0 Å². The van der Waals surface area contributed by atoms with E-state index in [0.29, 0.717) is 22.8 Å². The number of likely N-dealkylation sites (tertiary alicyclic amines) is 1. The van der Waals surface area contributed by atoms with Gasteiger partial charge in [-0.15, -0.1) is 0 Å². The van der Waals surface area contributed by atoms with Gasteiger partial charge < -0.3 is 20.4 Å². The molecule has 0 amide bonds. The zero-order valence-electron chi connectivity index (χ0n) is 10.9. The van der Waals surface area contributed by atoms with Gasteiger partial charge in [0.05, 0.1) is 16.9 Å². The molecule has 6 nitrogen and oxygen atoms in total. The maximum absolute atomic E-state index is 11.1. The number of fused-ring (bicyclic) bond motifs is 1. The molecule has 1 aliphatic rings. The van der Waals surface area contributed by atoms with Crippen molar-refractivity contribution in [2.45, 2.75) is 18.9 Å². The minimum absolute atomic E-state index is 0.426. The number of aromatic amines is 1. The summed E-state index contributed by atoms with van der Waals surface area (Å²) in [7, 11) is 2.13. The molecule has 1 saturated heterocycles. The fourth-order valence-electron chi connectivity index (χ4n) is 2.51. The second-order valence-corrected chi connectivity index (χ2v) is 5.17. The second-order valence-electron chi connectivity index (χ2n) is 5.17. The number of nitrogen functional groups attached to an aromatic ring is 1. The molecule has 1 aromatic carbocycles. The van der Waals surface area contributed by atoms with Gasteiger partial charge in [-0.25, -0.2) is 4.79 Å². The molecule has 2 heterocycles. The molecule has 2 aromatic rings. The van der Waals surface area contributed by atoms with E-state index < -0.39 is 5.76 Å². The topological polar surface area (TPSA) is 87.3 Å². The van der Waals surface area contributed by atoms with E-state index >= 15 is 0 Å². The smallest absolute Gasteiger partial charge is 0.408 e. The highest BCUT2D eigenvalue weighted by molar-refractivity contribution is 5.85. The lowest BCUT2D eigenvalue weighted by atomic mass is 10.0. The zero-order valence-corrected chi connectivity index (χ0v) is 10.9. The van der Waals surface area contributed by atoms with E-state index in [2.05, 4.69) is 22.2 Å². The third kappa shape index (κ3) is 2.44. The molecular weight excluding hydrogens is 244 g/mol. The van der Waals surface area contributed by atoms with Crippen molar-refractivity contribution < 1.29 is 4.42 Å². The molecule has 0 atom stereocenters. The monoisotopic (exact) mass is 262 g/mol. The van der Waals surface area contributed by atoms with Gasteiger partial charge in [0.25, 0.3) is 0 Å². The molecule has 1 fully saturated rings. The summed E-state index contributed by atoms with van der Waals surface area (Å²) in [6.07, 6.45) is 2.19. The number of hydrogen-bond donors (Lipinski definition) is 3. The molecule has 1 aromatic heterocycles. The Morgan fingerprint density at radius 1 is 1.42 bits per heavy atom. The van der Waals surface area contributed by atoms with Crippen molar-refractivity contribution in [3.8, 4) is 0 Å². The van der Waals surface area contributed by atoms with Gasteiger partial charge in [0.1, 0.15) is 0 Å². The van der Waals surface area contributed by atoms with E-state index in [1.54, 1.807) is 6.07 Å². The number of oxazole rings is 1. The van der Waals surface area contributed by atoms with Crippen LogP contribution < -0.4 is 16.8 Å². The molecule has 102 valence electrons. The number of rotatable bonds is 2. The Balaban J connectivity index is 1.84. The van der Waals surface area contributed by atoms with E-state index in [4.69, 9.17) is 10.2 Å². The molecule has 4 N–H and O–H groups in total. The Hall–Kier alpha value is -1.95. The van der Waals surface area contributed by atoms with Crippen molar-refractivity contribution in [3.63, 3.8) is 0 Å². The first-order valence-electron chi connectivity index (χ1n) is 6.49. The zero-order chi connectivity index (χ0) is 13.4. The maximum atomic E-state index is 11.1. The lowest BCUT2D eigenvalue weighted by Gasteiger charge is -2.30. The first kappa shape index (κ1) is 12.1. The van der Waals surface area contributed by atoms with Gasteiger partial charge >= 0.3 is 5.76 Å². The molecule has 0 radical (unpaired) electrons. The summed E-state index contributed by atoms with van der Waals surface area (Å²) >= 11 is 0. The Morgan fingerprint density at radius 2 is 2.16 bits per heavy atom. The quantitative estimate of drug-likeness (QED) is 0.708. The number of nitrogens with zero attached hydrogens (tertiary/aromatic N) is 1. The van der Waals surface area contributed by atoms with E-state index in [-0.39, 0.29) is 0 Å². The van der Waals surface area contributed by atoms with Gasteiger partial charge in [-0.2, -0.15) is 0 Å². The molecule has 0 saturated carbocycles. The van der Waals surface area contributed by atoms with Crippen molar-refractivity contribution >= 4 is 22.5 Å². The Kier molecular flexibility index (Phi) is 2.94. The van der Waals surface area contributed by atoms with Gasteiger partial charge in [0.15, 0.2) is 5.58 Å². The first-order valence-corrected chi connectivity index (χ1v) is 6.49. The predicted octanol–water partition coefficient (Wildman–Crippen LogP) is 1.21. The fourth-order valence-corrected chi connectivity index (χ4v) is 2.51. The van der Waals surface area contributed by atoms with Crippen LogP contribution in [0.1, 0.15) is 12.8 Å². The number of aromatic nitrogens is 1. The largest absolute Gasteiger partial charge is 0.417 e. The van der Waals surface area contributed by atoms with Gasteiger partial charge in [-0.3, -0.25) is 4.98 Å². The lowest BCUT2D eigenvalue weighted by molar-refractivity contribution is 0.264. The molecule has 0 bridgehead atoms. The van der Waals surface area contributed by atoms with E-state index in [1.807, 2.05) is 6.07 Å². The summed E-state index contributed by atoms with van der Waals surface area (Å²) in [5, 5.41) is 3.46. The normalized spacial score (nSPS) is 17.9. The van der Waals surface area contributed by atoms with Gasteiger partial charge in [-0.1, -0.05) is 0 Å². The highest BCUT2D eigenvalue weighted by Gasteiger charge is 2.17. The molecule has 1 aliphatic heterocycles. The summed E-state index contributed by atoms with van der Waals surface area (Å²) < 4.78 is 4.98. The van der Waals surface area contributed by atoms with Crippen LogP contribution >= 0.6 is 0 Å². The molecule has 0 spiro atoms.